The largest absolute Gasteiger partial charge is 0.302 e. The maximum absolute atomic E-state index is 6.23. The first-order chi connectivity index (χ1) is 9.09. The SMILES string of the molecule is CC(N[C@@H](C)c1ccccn1)c1cccc(Cl)c1Cl. The number of hydrogen-bond donors (Lipinski definition) is 1. The zero-order valence-electron chi connectivity index (χ0n) is 10.9. The van der Waals surface area contributed by atoms with Gasteiger partial charge >= 0.3 is 0 Å². The molecule has 2 aromatic rings. The zero-order chi connectivity index (χ0) is 13.8. The fourth-order valence-electron chi connectivity index (χ4n) is 2.04. The molecule has 0 fully saturated rings. The lowest BCUT2D eigenvalue weighted by Crippen LogP contribution is -2.23. The summed E-state index contributed by atoms with van der Waals surface area (Å²) in [5, 5.41) is 4.67. The van der Waals surface area contributed by atoms with Crippen molar-refractivity contribution < 1.29 is 0 Å². The minimum atomic E-state index is 0.100. The van der Waals surface area contributed by atoms with Crippen LogP contribution in [-0.2, 0) is 0 Å². The molecule has 0 saturated heterocycles. The highest BCUT2D eigenvalue weighted by Gasteiger charge is 2.15. The van der Waals surface area contributed by atoms with Crippen LogP contribution < -0.4 is 5.32 Å². The molecule has 0 saturated carbocycles. The van der Waals surface area contributed by atoms with Gasteiger partial charge in [-0.05, 0) is 37.6 Å². The molecule has 0 aliphatic rings. The summed E-state index contributed by atoms with van der Waals surface area (Å²) >= 11 is 12.3. The molecular formula is C15H16Cl2N2. The number of benzene rings is 1. The van der Waals surface area contributed by atoms with E-state index in [1.807, 2.05) is 30.3 Å². The van der Waals surface area contributed by atoms with Crippen molar-refractivity contribution in [2.24, 2.45) is 0 Å². The molecule has 1 aromatic carbocycles. The molecule has 1 N–H and O–H groups in total. The molecule has 2 nitrogen and oxygen atoms in total. The molecule has 4 heteroatoms. The van der Waals surface area contributed by atoms with Crippen molar-refractivity contribution in [1.82, 2.24) is 10.3 Å². The van der Waals surface area contributed by atoms with Gasteiger partial charge in [0.15, 0.2) is 0 Å². The summed E-state index contributed by atoms with van der Waals surface area (Å²) in [4.78, 5) is 4.34. The van der Waals surface area contributed by atoms with Gasteiger partial charge in [-0.25, -0.2) is 0 Å². The summed E-state index contributed by atoms with van der Waals surface area (Å²) in [6.45, 7) is 4.15. The molecule has 0 bridgehead atoms. The second kappa shape index (κ2) is 6.38. The van der Waals surface area contributed by atoms with Crippen molar-refractivity contribution in [2.75, 3.05) is 0 Å². The Morgan fingerprint density at radius 1 is 1.00 bits per heavy atom. The molecule has 0 spiro atoms. The van der Waals surface area contributed by atoms with Crippen LogP contribution in [0.4, 0.5) is 0 Å². The lowest BCUT2D eigenvalue weighted by atomic mass is 10.1. The third-order valence-electron chi connectivity index (χ3n) is 3.08. The van der Waals surface area contributed by atoms with Gasteiger partial charge in [0.05, 0.1) is 15.7 Å². The van der Waals surface area contributed by atoms with Crippen LogP contribution in [-0.4, -0.2) is 4.98 Å². The highest BCUT2D eigenvalue weighted by atomic mass is 35.5. The summed E-state index contributed by atoms with van der Waals surface area (Å²) in [5.41, 5.74) is 2.00. The quantitative estimate of drug-likeness (QED) is 0.876. The van der Waals surface area contributed by atoms with Gasteiger partial charge in [-0.1, -0.05) is 41.4 Å². The third-order valence-corrected chi connectivity index (χ3v) is 3.91. The van der Waals surface area contributed by atoms with Gasteiger partial charge in [-0.15, -0.1) is 0 Å². The van der Waals surface area contributed by atoms with Gasteiger partial charge in [-0.3, -0.25) is 4.98 Å². The van der Waals surface area contributed by atoms with E-state index in [-0.39, 0.29) is 12.1 Å². The predicted molar refractivity (Wildman–Crippen MR) is 80.7 cm³/mol. The van der Waals surface area contributed by atoms with Crippen molar-refractivity contribution in [3.05, 3.63) is 63.9 Å². The van der Waals surface area contributed by atoms with E-state index in [1.54, 1.807) is 12.3 Å². The van der Waals surface area contributed by atoms with Gasteiger partial charge in [0.25, 0.3) is 0 Å². The molecule has 1 heterocycles. The van der Waals surface area contributed by atoms with Gasteiger partial charge in [0.1, 0.15) is 0 Å². The molecule has 1 aromatic heterocycles. The molecular weight excluding hydrogens is 279 g/mol. The van der Waals surface area contributed by atoms with E-state index in [2.05, 4.69) is 24.1 Å². The Hall–Kier alpha value is -1.09. The standard InChI is InChI=1S/C15H16Cl2N2/c1-10(12-6-5-7-13(16)15(12)17)19-11(2)14-8-3-4-9-18-14/h3-11,19H,1-2H3/t10?,11-/m0/s1. The average Bonchev–Trinajstić information content (AvgIpc) is 2.42. The number of nitrogens with zero attached hydrogens (tertiary/aromatic N) is 1. The Bertz CT molecular complexity index is 543. The summed E-state index contributed by atoms with van der Waals surface area (Å²) in [5.74, 6) is 0. The van der Waals surface area contributed by atoms with E-state index in [9.17, 15) is 0 Å². The van der Waals surface area contributed by atoms with Crippen molar-refractivity contribution in [2.45, 2.75) is 25.9 Å². The van der Waals surface area contributed by atoms with Gasteiger partial charge in [0, 0.05) is 18.3 Å². The Morgan fingerprint density at radius 2 is 1.79 bits per heavy atom. The van der Waals surface area contributed by atoms with Crippen LogP contribution in [0.15, 0.2) is 42.6 Å². The van der Waals surface area contributed by atoms with Crippen LogP contribution in [0, 0.1) is 0 Å². The second-order valence-electron chi connectivity index (χ2n) is 4.51. The Balaban J connectivity index is 2.13. The van der Waals surface area contributed by atoms with Crippen LogP contribution in [0.3, 0.4) is 0 Å². The van der Waals surface area contributed by atoms with Crippen LogP contribution in [0.5, 0.6) is 0 Å². The molecule has 0 radical (unpaired) electrons. The zero-order valence-corrected chi connectivity index (χ0v) is 12.4. The first-order valence-electron chi connectivity index (χ1n) is 6.20. The normalized spacial score (nSPS) is 14.1. The lowest BCUT2D eigenvalue weighted by molar-refractivity contribution is 0.486. The minimum Gasteiger partial charge on any atom is -0.302 e. The predicted octanol–water partition coefficient (Wildman–Crippen LogP) is 4.80. The van der Waals surface area contributed by atoms with Crippen molar-refractivity contribution in [1.29, 1.82) is 0 Å². The number of hydrogen-bond acceptors (Lipinski definition) is 2. The first-order valence-corrected chi connectivity index (χ1v) is 6.96. The Morgan fingerprint density at radius 3 is 2.47 bits per heavy atom. The van der Waals surface area contributed by atoms with E-state index in [0.717, 1.165) is 11.3 Å². The van der Waals surface area contributed by atoms with Gasteiger partial charge in [0.2, 0.25) is 0 Å². The van der Waals surface area contributed by atoms with Crippen molar-refractivity contribution in [3.63, 3.8) is 0 Å². The molecule has 1 unspecified atom stereocenters. The van der Waals surface area contributed by atoms with Crippen LogP contribution in [0.25, 0.3) is 0 Å². The minimum absolute atomic E-state index is 0.100. The maximum Gasteiger partial charge on any atom is 0.0639 e. The molecule has 0 amide bonds. The van der Waals surface area contributed by atoms with Crippen molar-refractivity contribution >= 4 is 23.2 Å². The summed E-state index contributed by atoms with van der Waals surface area (Å²) < 4.78 is 0. The van der Waals surface area contributed by atoms with Crippen LogP contribution >= 0.6 is 23.2 Å². The molecule has 0 aliphatic heterocycles. The highest BCUT2D eigenvalue weighted by Crippen LogP contribution is 2.30. The highest BCUT2D eigenvalue weighted by molar-refractivity contribution is 6.42. The number of halogens is 2. The monoisotopic (exact) mass is 294 g/mol. The van der Waals surface area contributed by atoms with E-state index < -0.39 is 0 Å². The molecule has 19 heavy (non-hydrogen) atoms. The molecule has 0 aliphatic carbocycles. The molecule has 2 rings (SSSR count). The number of pyridine rings is 1. The van der Waals surface area contributed by atoms with E-state index in [4.69, 9.17) is 23.2 Å². The third kappa shape index (κ3) is 3.47. The first kappa shape index (κ1) is 14.3. The van der Waals surface area contributed by atoms with Gasteiger partial charge in [-0.2, -0.15) is 0 Å². The van der Waals surface area contributed by atoms with Gasteiger partial charge < -0.3 is 5.32 Å². The average molecular weight is 295 g/mol. The van der Waals surface area contributed by atoms with E-state index >= 15 is 0 Å². The number of nitrogens with one attached hydrogen (secondary N) is 1. The van der Waals surface area contributed by atoms with Crippen LogP contribution in [0.1, 0.15) is 37.2 Å². The lowest BCUT2D eigenvalue weighted by Gasteiger charge is -2.21. The smallest absolute Gasteiger partial charge is 0.0639 e. The summed E-state index contributed by atoms with van der Waals surface area (Å²) in [6, 6.07) is 11.8. The summed E-state index contributed by atoms with van der Waals surface area (Å²) in [6.07, 6.45) is 1.80. The molecule has 2 atom stereocenters. The Labute approximate surface area is 123 Å². The number of rotatable bonds is 4. The Kier molecular flexibility index (Phi) is 4.81. The maximum atomic E-state index is 6.23. The van der Waals surface area contributed by atoms with E-state index in [0.29, 0.717) is 10.0 Å². The second-order valence-corrected chi connectivity index (χ2v) is 5.29. The van der Waals surface area contributed by atoms with E-state index in [1.165, 1.54) is 0 Å². The summed E-state index contributed by atoms with van der Waals surface area (Å²) in [7, 11) is 0. The van der Waals surface area contributed by atoms with Crippen molar-refractivity contribution in [3.8, 4) is 0 Å². The topological polar surface area (TPSA) is 24.9 Å². The fourth-order valence-corrected chi connectivity index (χ4v) is 2.51. The van der Waals surface area contributed by atoms with Crippen LogP contribution in [0.2, 0.25) is 10.0 Å². The molecule has 100 valence electrons. The number of aromatic nitrogens is 1. The fraction of sp³-hybridized carbons (Fsp3) is 0.267.